The Balaban J connectivity index is 2.27. The molecule has 0 radical (unpaired) electrons. The number of sulfone groups is 1. The van der Waals surface area contributed by atoms with E-state index in [1.807, 2.05) is 6.07 Å². The second-order valence-electron chi connectivity index (χ2n) is 5.35. The molecule has 1 aromatic rings. The maximum atomic E-state index is 11.7. The van der Waals surface area contributed by atoms with E-state index in [2.05, 4.69) is 11.8 Å². The second kappa shape index (κ2) is 5.41. The van der Waals surface area contributed by atoms with Crippen LogP contribution in [-0.4, -0.2) is 27.8 Å². The van der Waals surface area contributed by atoms with Crippen molar-refractivity contribution in [3.63, 3.8) is 0 Å². The molecule has 0 amide bonds. The predicted molar refractivity (Wildman–Crippen MR) is 79.2 cm³/mol. The van der Waals surface area contributed by atoms with E-state index in [0.717, 1.165) is 25.2 Å². The summed E-state index contributed by atoms with van der Waals surface area (Å²) in [5.41, 5.74) is 7.30. The van der Waals surface area contributed by atoms with Gasteiger partial charge in [-0.1, -0.05) is 19.4 Å². The fraction of sp³-hybridized carbons (Fsp3) is 0.571. The second-order valence-corrected chi connectivity index (χ2v) is 7.33. The van der Waals surface area contributed by atoms with E-state index in [1.165, 1.54) is 19.1 Å². The summed E-state index contributed by atoms with van der Waals surface area (Å²) in [5.74, 6) is 0.700. The van der Waals surface area contributed by atoms with Gasteiger partial charge in [-0.15, -0.1) is 0 Å². The van der Waals surface area contributed by atoms with Crippen LogP contribution in [-0.2, 0) is 9.84 Å². The molecule has 0 aliphatic carbocycles. The molecule has 1 aliphatic heterocycles. The molecule has 4 nitrogen and oxygen atoms in total. The molecule has 0 saturated carbocycles. The minimum atomic E-state index is -3.26. The summed E-state index contributed by atoms with van der Waals surface area (Å²) in [6, 6.07) is 5.27. The van der Waals surface area contributed by atoms with Crippen molar-refractivity contribution in [3.05, 3.63) is 18.2 Å². The highest BCUT2D eigenvalue weighted by Gasteiger charge is 2.25. The Hall–Kier alpha value is -1.23. The Kier molecular flexibility index (Phi) is 4.04. The van der Waals surface area contributed by atoms with E-state index in [1.54, 1.807) is 12.1 Å². The van der Waals surface area contributed by atoms with Gasteiger partial charge in [-0.2, -0.15) is 0 Å². The highest BCUT2D eigenvalue weighted by molar-refractivity contribution is 7.90. The molecule has 1 aromatic carbocycles. The first-order valence-corrected chi connectivity index (χ1v) is 8.66. The van der Waals surface area contributed by atoms with Gasteiger partial charge < -0.3 is 10.6 Å². The molecule has 0 bridgehead atoms. The maximum Gasteiger partial charge on any atom is 0.177 e. The molecule has 1 heterocycles. The van der Waals surface area contributed by atoms with Crippen molar-refractivity contribution in [1.29, 1.82) is 0 Å². The number of nitrogen functional groups attached to an aromatic ring is 1. The van der Waals surface area contributed by atoms with Gasteiger partial charge in [0.05, 0.1) is 16.3 Å². The van der Waals surface area contributed by atoms with Gasteiger partial charge in [0.2, 0.25) is 0 Å². The standard InChI is InChI=1S/C14H22N2O2S/c1-3-5-11-8-9-16(10-11)12-6-4-7-13(14(12)15)19(2,17)18/h4,6-7,11H,3,5,8-10,15H2,1-2H3. The van der Waals surface area contributed by atoms with Gasteiger partial charge in [-0.25, -0.2) is 8.42 Å². The van der Waals surface area contributed by atoms with Crippen molar-refractivity contribution in [2.75, 3.05) is 30.0 Å². The number of para-hydroxylation sites is 1. The summed E-state index contributed by atoms with van der Waals surface area (Å²) >= 11 is 0. The summed E-state index contributed by atoms with van der Waals surface area (Å²) in [7, 11) is -3.26. The lowest BCUT2D eigenvalue weighted by molar-refractivity contribution is 0.530. The first-order valence-electron chi connectivity index (χ1n) is 6.77. The topological polar surface area (TPSA) is 63.4 Å². The number of nitrogens with zero attached hydrogens (tertiary/aromatic N) is 1. The molecule has 0 aromatic heterocycles. The van der Waals surface area contributed by atoms with Crippen LogP contribution >= 0.6 is 0 Å². The van der Waals surface area contributed by atoms with Crippen molar-refractivity contribution in [1.82, 2.24) is 0 Å². The summed E-state index contributed by atoms with van der Waals surface area (Å²) in [6.45, 7) is 4.13. The zero-order valence-electron chi connectivity index (χ0n) is 11.6. The predicted octanol–water partition coefficient (Wildman–Crippen LogP) is 2.30. The van der Waals surface area contributed by atoms with Gasteiger partial charge in [-0.05, 0) is 30.9 Å². The molecule has 2 N–H and O–H groups in total. The number of anilines is 2. The SMILES string of the molecule is CCCC1CCN(c2cccc(S(C)(=O)=O)c2N)C1. The lowest BCUT2D eigenvalue weighted by Gasteiger charge is -2.21. The zero-order chi connectivity index (χ0) is 14.0. The Labute approximate surface area is 115 Å². The van der Waals surface area contributed by atoms with E-state index in [-0.39, 0.29) is 4.90 Å². The summed E-state index contributed by atoms with van der Waals surface area (Å²) in [5, 5.41) is 0. The van der Waals surface area contributed by atoms with Gasteiger partial charge >= 0.3 is 0 Å². The Morgan fingerprint density at radius 2 is 2.16 bits per heavy atom. The van der Waals surface area contributed by atoms with E-state index in [4.69, 9.17) is 5.73 Å². The first-order chi connectivity index (χ1) is 8.93. The van der Waals surface area contributed by atoms with Crippen LogP contribution in [0.4, 0.5) is 11.4 Å². The number of benzene rings is 1. The fourth-order valence-corrected chi connectivity index (χ4v) is 3.66. The fourth-order valence-electron chi connectivity index (χ4n) is 2.83. The van der Waals surface area contributed by atoms with Crippen LogP contribution in [0.25, 0.3) is 0 Å². The highest BCUT2D eigenvalue weighted by Crippen LogP contribution is 2.34. The highest BCUT2D eigenvalue weighted by atomic mass is 32.2. The van der Waals surface area contributed by atoms with Crippen molar-refractivity contribution in [3.8, 4) is 0 Å². The normalized spacial score (nSPS) is 19.9. The van der Waals surface area contributed by atoms with Crippen LogP contribution < -0.4 is 10.6 Å². The molecular weight excluding hydrogens is 260 g/mol. The molecule has 1 atom stereocenters. The van der Waals surface area contributed by atoms with Crippen molar-refractivity contribution >= 4 is 21.2 Å². The summed E-state index contributed by atoms with van der Waals surface area (Å²) in [6.07, 6.45) is 4.78. The molecule has 1 saturated heterocycles. The van der Waals surface area contributed by atoms with Gasteiger partial charge in [-0.3, -0.25) is 0 Å². The molecule has 1 fully saturated rings. The average molecular weight is 282 g/mol. The quantitative estimate of drug-likeness (QED) is 0.861. The minimum absolute atomic E-state index is 0.240. The molecule has 19 heavy (non-hydrogen) atoms. The number of rotatable bonds is 4. The van der Waals surface area contributed by atoms with Crippen molar-refractivity contribution in [2.24, 2.45) is 5.92 Å². The van der Waals surface area contributed by atoms with Gasteiger partial charge in [0.1, 0.15) is 0 Å². The van der Waals surface area contributed by atoms with E-state index < -0.39 is 9.84 Å². The van der Waals surface area contributed by atoms with Crippen LogP contribution in [0.15, 0.2) is 23.1 Å². The van der Waals surface area contributed by atoms with Crippen LogP contribution in [0.1, 0.15) is 26.2 Å². The lowest BCUT2D eigenvalue weighted by Crippen LogP contribution is -2.21. The summed E-state index contributed by atoms with van der Waals surface area (Å²) in [4.78, 5) is 2.45. The van der Waals surface area contributed by atoms with Gasteiger partial charge in [0.15, 0.2) is 9.84 Å². The third-order valence-electron chi connectivity index (χ3n) is 3.77. The largest absolute Gasteiger partial charge is 0.396 e. The Bertz CT molecular complexity index is 555. The average Bonchev–Trinajstić information content (AvgIpc) is 2.76. The Morgan fingerprint density at radius 1 is 1.42 bits per heavy atom. The number of nitrogens with two attached hydrogens (primary N) is 1. The zero-order valence-corrected chi connectivity index (χ0v) is 12.4. The number of hydrogen-bond acceptors (Lipinski definition) is 4. The van der Waals surface area contributed by atoms with Crippen molar-refractivity contribution in [2.45, 2.75) is 31.1 Å². The molecule has 5 heteroatoms. The first kappa shape index (κ1) is 14.2. The minimum Gasteiger partial charge on any atom is -0.396 e. The van der Waals surface area contributed by atoms with Crippen LogP contribution in [0.5, 0.6) is 0 Å². The third kappa shape index (κ3) is 3.03. The van der Waals surface area contributed by atoms with Crippen LogP contribution in [0, 0.1) is 5.92 Å². The monoisotopic (exact) mass is 282 g/mol. The van der Waals surface area contributed by atoms with E-state index in [0.29, 0.717) is 11.6 Å². The van der Waals surface area contributed by atoms with Crippen molar-refractivity contribution < 1.29 is 8.42 Å². The van der Waals surface area contributed by atoms with Crippen LogP contribution in [0.2, 0.25) is 0 Å². The number of hydrogen-bond donors (Lipinski definition) is 1. The molecule has 0 spiro atoms. The maximum absolute atomic E-state index is 11.7. The van der Waals surface area contributed by atoms with Crippen LogP contribution in [0.3, 0.4) is 0 Å². The van der Waals surface area contributed by atoms with E-state index >= 15 is 0 Å². The molecule has 106 valence electrons. The lowest BCUT2D eigenvalue weighted by atomic mass is 10.0. The smallest absolute Gasteiger partial charge is 0.177 e. The molecule has 1 unspecified atom stereocenters. The third-order valence-corrected chi connectivity index (χ3v) is 4.92. The Morgan fingerprint density at radius 3 is 2.79 bits per heavy atom. The summed E-state index contributed by atoms with van der Waals surface area (Å²) < 4.78 is 23.4. The van der Waals surface area contributed by atoms with Gasteiger partial charge in [0.25, 0.3) is 0 Å². The molecule has 2 rings (SSSR count). The molecule has 1 aliphatic rings. The van der Waals surface area contributed by atoms with E-state index in [9.17, 15) is 8.42 Å². The van der Waals surface area contributed by atoms with Gasteiger partial charge in [0, 0.05) is 19.3 Å². The molecular formula is C14H22N2O2S.